The van der Waals surface area contributed by atoms with Gasteiger partial charge in [0.15, 0.2) is 0 Å². The fraction of sp³-hybridized carbons (Fsp3) is 0.500. The zero-order chi connectivity index (χ0) is 21.0. The number of carbonyl (C=O) groups is 2. The van der Waals surface area contributed by atoms with E-state index in [1.165, 1.54) is 18.9 Å². The molecular weight excluding hydrogens is 390 g/mol. The highest BCUT2D eigenvalue weighted by atomic mass is 19.1. The number of aryl methyl sites for hydroxylation is 1. The zero-order valence-electron chi connectivity index (χ0n) is 16.9. The van der Waals surface area contributed by atoms with E-state index >= 15 is 0 Å². The molecule has 1 aromatic heterocycles. The van der Waals surface area contributed by atoms with Crippen LogP contribution >= 0.6 is 0 Å². The predicted molar refractivity (Wildman–Crippen MR) is 106 cm³/mol. The van der Waals surface area contributed by atoms with Gasteiger partial charge in [0, 0.05) is 31.8 Å². The summed E-state index contributed by atoms with van der Waals surface area (Å²) >= 11 is 0. The molecule has 5 rings (SSSR count). The number of halogens is 2. The lowest BCUT2D eigenvalue weighted by atomic mass is 9.82. The molecule has 3 aliphatic rings. The van der Waals surface area contributed by atoms with E-state index in [1.807, 2.05) is 22.6 Å². The van der Waals surface area contributed by atoms with E-state index in [9.17, 15) is 18.4 Å². The number of rotatable bonds is 3. The maximum absolute atomic E-state index is 14.1. The second kappa shape index (κ2) is 6.89. The van der Waals surface area contributed by atoms with Crippen LogP contribution in [0.1, 0.15) is 48.2 Å². The van der Waals surface area contributed by atoms with Crippen LogP contribution in [-0.4, -0.2) is 46.1 Å². The molecule has 8 heteroatoms. The van der Waals surface area contributed by atoms with E-state index in [2.05, 4.69) is 0 Å². The number of benzene rings is 1. The number of aromatic nitrogens is 2. The highest BCUT2D eigenvalue weighted by molar-refractivity contribution is 5.96. The molecule has 2 amide bonds. The molecule has 158 valence electrons. The third-order valence-electron chi connectivity index (χ3n) is 6.60. The molecule has 2 aromatic rings. The minimum atomic E-state index is -0.853. The third-order valence-corrected chi connectivity index (χ3v) is 6.60. The lowest BCUT2D eigenvalue weighted by Gasteiger charge is -2.46. The third kappa shape index (κ3) is 3.18. The van der Waals surface area contributed by atoms with E-state index in [4.69, 9.17) is 5.10 Å². The Morgan fingerprint density at radius 3 is 2.60 bits per heavy atom. The molecule has 0 bridgehead atoms. The molecule has 0 atom stereocenters. The SMILES string of the molecule is Cc1cc2n(n1)C1(CCN(C(=O)c3ccc(F)cc3F)CC1)CC(=O)N2CC1CC1. The van der Waals surface area contributed by atoms with Crippen molar-refractivity contribution < 1.29 is 18.4 Å². The molecular formula is C22H24F2N4O2. The smallest absolute Gasteiger partial charge is 0.256 e. The van der Waals surface area contributed by atoms with Crippen molar-refractivity contribution in [2.75, 3.05) is 24.5 Å². The van der Waals surface area contributed by atoms with Crippen LogP contribution < -0.4 is 4.90 Å². The van der Waals surface area contributed by atoms with Crippen molar-refractivity contribution in [1.82, 2.24) is 14.7 Å². The number of piperidine rings is 1. The van der Waals surface area contributed by atoms with Crippen LogP contribution in [0.25, 0.3) is 0 Å². The number of nitrogens with zero attached hydrogens (tertiary/aromatic N) is 4. The maximum atomic E-state index is 14.1. The van der Waals surface area contributed by atoms with Gasteiger partial charge in [-0.05, 0) is 50.7 Å². The van der Waals surface area contributed by atoms with Crippen molar-refractivity contribution in [3.05, 3.63) is 47.2 Å². The molecule has 6 nitrogen and oxygen atoms in total. The Bertz CT molecular complexity index is 1020. The Morgan fingerprint density at radius 1 is 1.20 bits per heavy atom. The molecule has 30 heavy (non-hydrogen) atoms. The number of likely N-dealkylation sites (tertiary alicyclic amines) is 1. The van der Waals surface area contributed by atoms with Gasteiger partial charge in [-0.3, -0.25) is 14.5 Å². The minimum absolute atomic E-state index is 0.110. The topological polar surface area (TPSA) is 58.4 Å². The number of anilines is 1. The van der Waals surface area contributed by atoms with Gasteiger partial charge in [0.05, 0.1) is 23.2 Å². The normalized spacial score (nSPS) is 20.6. The van der Waals surface area contributed by atoms with E-state index < -0.39 is 23.1 Å². The van der Waals surface area contributed by atoms with Gasteiger partial charge in [0.1, 0.15) is 17.5 Å². The Balaban J connectivity index is 1.38. The van der Waals surface area contributed by atoms with Gasteiger partial charge in [-0.2, -0.15) is 5.10 Å². The Morgan fingerprint density at radius 2 is 1.93 bits per heavy atom. The predicted octanol–water partition coefficient (Wildman–Crippen LogP) is 3.25. The lowest BCUT2D eigenvalue weighted by molar-refractivity contribution is -0.122. The standard InChI is InChI=1S/C22H24F2N4O2/c1-14-10-19-27(13-15-2-3-15)20(29)12-22(28(19)25-14)6-8-26(9-7-22)21(30)17-5-4-16(23)11-18(17)24/h4-5,10-11,15H,2-3,6-9,12-13H2,1H3. The van der Waals surface area contributed by atoms with Gasteiger partial charge in [-0.15, -0.1) is 0 Å². The first-order valence-corrected chi connectivity index (χ1v) is 10.5. The molecule has 2 fully saturated rings. The molecule has 1 saturated heterocycles. The summed E-state index contributed by atoms with van der Waals surface area (Å²) in [5, 5.41) is 4.71. The Kier molecular flexibility index (Phi) is 4.41. The Labute approximate surface area is 173 Å². The van der Waals surface area contributed by atoms with Crippen molar-refractivity contribution in [2.24, 2.45) is 5.92 Å². The molecule has 1 saturated carbocycles. The van der Waals surface area contributed by atoms with Gasteiger partial charge < -0.3 is 4.90 Å². The van der Waals surface area contributed by atoms with Crippen molar-refractivity contribution in [3.8, 4) is 0 Å². The molecule has 0 unspecified atom stereocenters. The van der Waals surface area contributed by atoms with E-state index in [0.29, 0.717) is 38.3 Å². The first-order chi connectivity index (χ1) is 14.4. The van der Waals surface area contributed by atoms with Gasteiger partial charge >= 0.3 is 0 Å². The molecule has 0 N–H and O–H groups in total. The molecule has 1 aliphatic carbocycles. The number of carbonyl (C=O) groups excluding carboxylic acids is 2. The second-order valence-electron chi connectivity index (χ2n) is 8.82. The molecule has 2 aliphatic heterocycles. The van der Waals surface area contributed by atoms with Gasteiger partial charge in [-0.25, -0.2) is 13.5 Å². The van der Waals surface area contributed by atoms with Crippen LogP contribution in [0.2, 0.25) is 0 Å². The monoisotopic (exact) mass is 414 g/mol. The van der Waals surface area contributed by atoms with Crippen LogP contribution in [0.4, 0.5) is 14.6 Å². The fourth-order valence-electron chi connectivity index (χ4n) is 4.71. The summed E-state index contributed by atoms with van der Waals surface area (Å²) < 4.78 is 29.2. The van der Waals surface area contributed by atoms with Crippen LogP contribution in [0.15, 0.2) is 24.3 Å². The van der Waals surface area contributed by atoms with E-state index in [-0.39, 0.29) is 11.5 Å². The van der Waals surface area contributed by atoms with Crippen LogP contribution in [0, 0.1) is 24.5 Å². The van der Waals surface area contributed by atoms with Crippen molar-refractivity contribution >= 4 is 17.6 Å². The van der Waals surface area contributed by atoms with Crippen LogP contribution in [0.3, 0.4) is 0 Å². The molecule has 1 aromatic carbocycles. The first kappa shape index (κ1) is 19.2. The highest BCUT2D eigenvalue weighted by Crippen LogP contribution is 2.43. The first-order valence-electron chi connectivity index (χ1n) is 10.5. The van der Waals surface area contributed by atoms with Crippen molar-refractivity contribution in [3.63, 3.8) is 0 Å². The minimum Gasteiger partial charge on any atom is -0.338 e. The van der Waals surface area contributed by atoms with Crippen molar-refractivity contribution in [1.29, 1.82) is 0 Å². The summed E-state index contributed by atoms with van der Waals surface area (Å²) in [6.45, 7) is 3.46. The van der Waals surface area contributed by atoms with Crippen molar-refractivity contribution in [2.45, 2.75) is 44.6 Å². The summed E-state index contributed by atoms with van der Waals surface area (Å²) in [5.74, 6) is -0.472. The summed E-state index contributed by atoms with van der Waals surface area (Å²) in [6, 6.07) is 4.97. The highest BCUT2D eigenvalue weighted by Gasteiger charge is 2.47. The zero-order valence-corrected chi connectivity index (χ0v) is 16.9. The lowest BCUT2D eigenvalue weighted by Crippen LogP contribution is -2.55. The number of hydrogen-bond acceptors (Lipinski definition) is 3. The number of fused-ring (bicyclic) bond motifs is 2. The largest absolute Gasteiger partial charge is 0.338 e. The molecule has 1 spiro atoms. The summed E-state index contributed by atoms with van der Waals surface area (Å²) in [6.07, 6.45) is 3.83. The van der Waals surface area contributed by atoms with Crippen LogP contribution in [-0.2, 0) is 10.3 Å². The molecule has 0 radical (unpaired) electrons. The van der Waals surface area contributed by atoms with Gasteiger partial charge in [0.2, 0.25) is 5.91 Å². The number of hydrogen-bond donors (Lipinski definition) is 0. The summed E-state index contributed by atoms with van der Waals surface area (Å²) in [4.78, 5) is 29.3. The van der Waals surface area contributed by atoms with E-state index in [0.717, 1.165) is 30.2 Å². The van der Waals surface area contributed by atoms with Crippen LogP contribution in [0.5, 0.6) is 0 Å². The maximum Gasteiger partial charge on any atom is 0.256 e. The summed E-state index contributed by atoms with van der Waals surface area (Å²) in [5.41, 5.74) is 0.281. The second-order valence-corrected chi connectivity index (χ2v) is 8.82. The quantitative estimate of drug-likeness (QED) is 0.775. The number of amides is 2. The fourth-order valence-corrected chi connectivity index (χ4v) is 4.71. The summed E-state index contributed by atoms with van der Waals surface area (Å²) in [7, 11) is 0. The average molecular weight is 414 g/mol. The molecule has 3 heterocycles. The Hall–Kier alpha value is -2.77. The van der Waals surface area contributed by atoms with Gasteiger partial charge in [-0.1, -0.05) is 0 Å². The van der Waals surface area contributed by atoms with Gasteiger partial charge in [0.25, 0.3) is 5.91 Å². The van der Waals surface area contributed by atoms with E-state index in [1.54, 1.807) is 4.90 Å². The average Bonchev–Trinajstić information content (AvgIpc) is 3.44.